The Morgan fingerprint density at radius 1 is 1.26 bits per heavy atom. The molecule has 0 bridgehead atoms. The van der Waals surface area contributed by atoms with Crippen molar-refractivity contribution in [3.05, 3.63) is 35.4 Å². The molecule has 1 aromatic rings. The minimum absolute atomic E-state index is 0.110. The highest BCUT2D eigenvalue weighted by Crippen LogP contribution is 2.23. The van der Waals surface area contributed by atoms with E-state index in [9.17, 15) is 5.11 Å². The smallest absolute Gasteiger partial charge is 0.104 e. The van der Waals surface area contributed by atoms with Gasteiger partial charge in [-0.2, -0.15) is 0 Å². The van der Waals surface area contributed by atoms with E-state index < -0.39 is 5.60 Å². The van der Waals surface area contributed by atoms with E-state index in [4.69, 9.17) is 5.11 Å². The number of nitrogens with zero attached hydrogens (tertiary/aromatic N) is 1. The van der Waals surface area contributed by atoms with Gasteiger partial charge in [0.05, 0.1) is 5.60 Å². The maximum absolute atomic E-state index is 9.95. The SMILES string of the molecule is CC1(O)CCN(Cc2ccccc2C#CCO)CC1. The van der Waals surface area contributed by atoms with Gasteiger partial charge < -0.3 is 10.2 Å². The van der Waals surface area contributed by atoms with Crippen LogP contribution in [0, 0.1) is 11.8 Å². The molecule has 1 aliphatic rings. The summed E-state index contributed by atoms with van der Waals surface area (Å²) in [7, 11) is 0. The molecule has 1 saturated heterocycles. The van der Waals surface area contributed by atoms with Gasteiger partial charge in [-0.15, -0.1) is 0 Å². The summed E-state index contributed by atoms with van der Waals surface area (Å²) >= 11 is 0. The van der Waals surface area contributed by atoms with Crippen LogP contribution >= 0.6 is 0 Å². The van der Waals surface area contributed by atoms with E-state index in [2.05, 4.69) is 22.8 Å². The van der Waals surface area contributed by atoms with Gasteiger partial charge in [0.15, 0.2) is 0 Å². The average molecular weight is 259 g/mol. The van der Waals surface area contributed by atoms with Crippen molar-refractivity contribution >= 4 is 0 Å². The minimum atomic E-state index is -0.507. The lowest BCUT2D eigenvalue weighted by Gasteiger charge is -2.35. The molecular formula is C16H21NO2. The molecule has 0 aliphatic carbocycles. The van der Waals surface area contributed by atoms with Crippen molar-refractivity contribution in [1.29, 1.82) is 0 Å². The van der Waals surface area contributed by atoms with Crippen LogP contribution in [0.4, 0.5) is 0 Å². The summed E-state index contributed by atoms with van der Waals surface area (Å²) in [5, 5.41) is 18.7. The van der Waals surface area contributed by atoms with Crippen LogP contribution in [-0.4, -0.2) is 40.4 Å². The molecule has 1 aromatic carbocycles. The first-order chi connectivity index (χ1) is 9.11. The molecule has 0 saturated carbocycles. The molecule has 102 valence electrons. The van der Waals surface area contributed by atoms with Crippen LogP contribution in [0.3, 0.4) is 0 Å². The van der Waals surface area contributed by atoms with Gasteiger partial charge in [-0.1, -0.05) is 30.0 Å². The Morgan fingerprint density at radius 3 is 2.63 bits per heavy atom. The predicted molar refractivity (Wildman–Crippen MR) is 75.5 cm³/mol. The molecule has 0 amide bonds. The Labute approximate surface area is 114 Å². The van der Waals surface area contributed by atoms with Crippen molar-refractivity contribution in [3.63, 3.8) is 0 Å². The zero-order valence-corrected chi connectivity index (χ0v) is 11.4. The van der Waals surface area contributed by atoms with Crippen molar-refractivity contribution < 1.29 is 10.2 Å². The van der Waals surface area contributed by atoms with E-state index in [1.807, 2.05) is 25.1 Å². The molecule has 2 rings (SSSR count). The quantitative estimate of drug-likeness (QED) is 0.789. The highest BCUT2D eigenvalue weighted by molar-refractivity contribution is 5.41. The molecule has 0 atom stereocenters. The number of aliphatic hydroxyl groups is 2. The number of piperidine rings is 1. The van der Waals surface area contributed by atoms with Gasteiger partial charge in [0.1, 0.15) is 6.61 Å². The first-order valence-electron chi connectivity index (χ1n) is 6.73. The lowest BCUT2D eigenvalue weighted by Crippen LogP contribution is -2.42. The van der Waals surface area contributed by atoms with E-state index in [-0.39, 0.29) is 6.61 Å². The fraction of sp³-hybridized carbons (Fsp3) is 0.500. The largest absolute Gasteiger partial charge is 0.390 e. The maximum Gasteiger partial charge on any atom is 0.104 e. The molecule has 2 N–H and O–H groups in total. The van der Waals surface area contributed by atoms with E-state index in [0.29, 0.717) is 0 Å². The summed E-state index contributed by atoms with van der Waals surface area (Å²) in [6.45, 7) is 4.47. The van der Waals surface area contributed by atoms with Gasteiger partial charge in [0.25, 0.3) is 0 Å². The van der Waals surface area contributed by atoms with Crippen LogP contribution in [-0.2, 0) is 6.54 Å². The van der Waals surface area contributed by atoms with Crippen molar-refractivity contribution in [2.75, 3.05) is 19.7 Å². The van der Waals surface area contributed by atoms with Crippen LogP contribution in [0.1, 0.15) is 30.9 Å². The minimum Gasteiger partial charge on any atom is -0.390 e. The van der Waals surface area contributed by atoms with Crippen molar-refractivity contribution in [1.82, 2.24) is 4.90 Å². The number of hydrogen-bond acceptors (Lipinski definition) is 3. The topological polar surface area (TPSA) is 43.7 Å². The molecular weight excluding hydrogens is 238 g/mol. The van der Waals surface area contributed by atoms with Crippen LogP contribution < -0.4 is 0 Å². The van der Waals surface area contributed by atoms with Crippen LogP contribution in [0.15, 0.2) is 24.3 Å². The first-order valence-corrected chi connectivity index (χ1v) is 6.73. The summed E-state index contributed by atoms with van der Waals surface area (Å²) in [5.41, 5.74) is 1.66. The summed E-state index contributed by atoms with van der Waals surface area (Å²) in [4.78, 5) is 2.34. The average Bonchev–Trinajstić information content (AvgIpc) is 2.40. The lowest BCUT2D eigenvalue weighted by atomic mass is 9.93. The molecule has 0 unspecified atom stereocenters. The zero-order valence-electron chi connectivity index (χ0n) is 11.4. The monoisotopic (exact) mass is 259 g/mol. The molecule has 3 heteroatoms. The number of aliphatic hydroxyl groups excluding tert-OH is 1. The molecule has 0 spiro atoms. The van der Waals surface area contributed by atoms with Gasteiger partial charge in [0, 0.05) is 25.2 Å². The highest BCUT2D eigenvalue weighted by atomic mass is 16.3. The second-order valence-corrected chi connectivity index (χ2v) is 5.39. The number of rotatable bonds is 2. The third kappa shape index (κ3) is 4.07. The van der Waals surface area contributed by atoms with Crippen molar-refractivity contribution in [2.45, 2.75) is 31.9 Å². The van der Waals surface area contributed by atoms with Gasteiger partial charge in [-0.3, -0.25) is 4.90 Å². The predicted octanol–water partition coefficient (Wildman–Crippen LogP) is 1.38. The summed E-state index contributed by atoms with van der Waals surface area (Å²) in [5.74, 6) is 5.70. The number of hydrogen-bond donors (Lipinski definition) is 2. The molecule has 0 radical (unpaired) electrons. The summed E-state index contributed by atoms with van der Waals surface area (Å²) in [6.07, 6.45) is 1.63. The molecule has 1 fully saturated rings. The Hall–Kier alpha value is -1.34. The third-order valence-corrected chi connectivity index (χ3v) is 3.65. The van der Waals surface area contributed by atoms with E-state index in [1.54, 1.807) is 0 Å². The van der Waals surface area contributed by atoms with Crippen molar-refractivity contribution in [3.8, 4) is 11.8 Å². The summed E-state index contributed by atoms with van der Waals surface area (Å²) in [6, 6.07) is 8.04. The lowest BCUT2D eigenvalue weighted by molar-refractivity contribution is -0.00731. The number of likely N-dealkylation sites (tertiary alicyclic amines) is 1. The van der Waals surface area contributed by atoms with Gasteiger partial charge in [-0.25, -0.2) is 0 Å². The zero-order chi connectivity index (χ0) is 13.7. The molecule has 0 aromatic heterocycles. The van der Waals surface area contributed by atoms with Crippen LogP contribution in [0.25, 0.3) is 0 Å². The first kappa shape index (κ1) is 14.1. The molecule has 1 heterocycles. The second-order valence-electron chi connectivity index (χ2n) is 5.39. The molecule has 3 nitrogen and oxygen atoms in total. The summed E-state index contributed by atoms with van der Waals surface area (Å²) < 4.78 is 0. The number of benzene rings is 1. The van der Waals surface area contributed by atoms with Gasteiger partial charge in [-0.05, 0) is 31.4 Å². The molecule has 19 heavy (non-hydrogen) atoms. The maximum atomic E-state index is 9.95. The van der Waals surface area contributed by atoms with E-state index in [1.165, 1.54) is 5.56 Å². The van der Waals surface area contributed by atoms with E-state index >= 15 is 0 Å². The third-order valence-electron chi connectivity index (χ3n) is 3.65. The van der Waals surface area contributed by atoms with Crippen LogP contribution in [0.5, 0.6) is 0 Å². The van der Waals surface area contributed by atoms with Crippen molar-refractivity contribution in [2.24, 2.45) is 0 Å². The highest BCUT2D eigenvalue weighted by Gasteiger charge is 2.27. The van der Waals surface area contributed by atoms with Gasteiger partial charge in [0.2, 0.25) is 0 Å². The Balaban J connectivity index is 2.03. The standard InChI is InChI=1S/C16H21NO2/c1-16(19)8-10-17(11-9-16)13-15-6-3-2-5-14(15)7-4-12-18/h2-3,5-6,18-19H,8-13H2,1H3. The van der Waals surface area contributed by atoms with Gasteiger partial charge >= 0.3 is 0 Å². The second kappa shape index (κ2) is 6.21. The molecule has 1 aliphatic heterocycles. The Kier molecular flexibility index (Phi) is 4.60. The van der Waals surface area contributed by atoms with Crippen LogP contribution in [0.2, 0.25) is 0 Å². The Morgan fingerprint density at radius 2 is 1.95 bits per heavy atom. The fourth-order valence-electron chi connectivity index (χ4n) is 2.35. The normalized spacial score (nSPS) is 18.7. The Bertz CT molecular complexity index is 475. The van der Waals surface area contributed by atoms with E-state index in [0.717, 1.165) is 38.0 Å². The fourth-order valence-corrected chi connectivity index (χ4v) is 2.35.